The number of ether oxygens (including phenoxy) is 1. The quantitative estimate of drug-likeness (QED) is 0.379. The minimum Gasteiger partial charge on any atom is -0.434 e. The summed E-state index contributed by atoms with van der Waals surface area (Å²) in [4.78, 5) is 21.1. The second-order valence-electron chi connectivity index (χ2n) is 12.6. The topological polar surface area (TPSA) is 97.5 Å². The molecule has 0 N–H and O–H groups in total. The number of hydrogen-bond donors (Lipinski definition) is 0. The van der Waals surface area contributed by atoms with Crippen molar-refractivity contribution in [1.82, 2.24) is 25.2 Å². The van der Waals surface area contributed by atoms with Crippen LogP contribution in [0.1, 0.15) is 63.3 Å². The van der Waals surface area contributed by atoms with E-state index in [1.165, 1.54) is 18.5 Å². The van der Waals surface area contributed by atoms with E-state index in [0.717, 1.165) is 69.6 Å². The Hall–Kier alpha value is -3.40. The lowest BCUT2D eigenvalue weighted by molar-refractivity contribution is -0.133. The second kappa shape index (κ2) is 9.61. The Morgan fingerprint density at radius 3 is 2.70 bits per heavy atom. The van der Waals surface area contributed by atoms with E-state index >= 15 is 0 Å². The summed E-state index contributed by atoms with van der Waals surface area (Å²) in [5, 5.41) is 12.5. The highest BCUT2D eigenvalue weighted by molar-refractivity contribution is 5.84. The summed E-state index contributed by atoms with van der Waals surface area (Å²) in [6, 6.07) is 4.95. The van der Waals surface area contributed by atoms with E-state index in [4.69, 9.17) is 9.26 Å². The van der Waals surface area contributed by atoms with Crippen LogP contribution in [0.4, 0.5) is 10.2 Å². The third-order valence-electron chi connectivity index (χ3n) is 9.21. The van der Waals surface area contributed by atoms with Crippen LogP contribution in [0.2, 0.25) is 0 Å². The molecule has 0 bridgehead atoms. The van der Waals surface area contributed by atoms with Gasteiger partial charge in [-0.2, -0.15) is 0 Å². The molecule has 40 heavy (non-hydrogen) atoms. The van der Waals surface area contributed by atoms with Crippen LogP contribution < -0.4 is 9.64 Å². The van der Waals surface area contributed by atoms with E-state index < -0.39 is 0 Å². The van der Waals surface area contributed by atoms with Gasteiger partial charge < -0.3 is 14.2 Å². The lowest BCUT2D eigenvalue weighted by Gasteiger charge is -2.55. The molecule has 1 aromatic carbocycles. The lowest BCUT2D eigenvalue weighted by atomic mass is 9.70. The van der Waals surface area contributed by atoms with Crippen LogP contribution in [-0.4, -0.2) is 63.2 Å². The van der Waals surface area contributed by atoms with Gasteiger partial charge in [-0.1, -0.05) is 19.0 Å². The highest BCUT2D eigenvalue weighted by Gasteiger charge is 2.52. The standard InChI is InChI=1S/C30H35FN6O3/c1-17(2)26(20-10-22(38)11-20)37-14-30(15-37)8-9-36(13-30)28-29(34-33-16-32-28)39-24-7-6-21(31)12-23(24)25-18(3)35-40-27(25)19-4-5-19/h6-7,12,16-17,19-20,26H,4-5,8-11,13-15H2,1-3H3/t26-/m1/s1. The number of rotatable bonds is 8. The summed E-state index contributed by atoms with van der Waals surface area (Å²) in [7, 11) is 0. The molecule has 2 aromatic heterocycles. The van der Waals surface area contributed by atoms with Gasteiger partial charge in [0.05, 0.1) is 11.3 Å². The molecule has 4 fully saturated rings. The summed E-state index contributed by atoms with van der Waals surface area (Å²) in [6.45, 7) is 10.2. The molecular weight excluding hydrogens is 511 g/mol. The number of aromatic nitrogens is 4. The maximum absolute atomic E-state index is 14.5. The largest absolute Gasteiger partial charge is 0.434 e. The van der Waals surface area contributed by atoms with Crippen LogP contribution in [0.15, 0.2) is 29.0 Å². The van der Waals surface area contributed by atoms with Crippen molar-refractivity contribution >= 4 is 11.6 Å². The highest BCUT2D eigenvalue weighted by Crippen LogP contribution is 2.49. The number of benzene rings is 1. The van der Waals surface area contributed by atoms with Crippen LogP contribution in [0.3, 0.4) is 0 Å². The van der Waals surface area contributed by atoms with Crippen LogP contribution in [0.5, 0.6) is 11.6 Å². The lowest BCUT2D eigenvalue weighted by Crippen LogP contribution is -2.64. The van der Waals surface area contributed by atoms with Crippen LogP contribution >= 0.6 is 0 Å². The summed E-state index contributed by atoms with van der Waals surface area (Å²) >= 11 is 0. The Balaban J connectivity index is 1.11. The molecule has 4 heterocycles. The second-order valence-corrected chi connectivity index (χ2v) is 12.6. The monoisotopic (exact) mass is 546 g/mol. The summed E-state index contributed by atoms with van der Waals surface area (Å²) in [6.07, 6.45) is 6.05. The van der Waals surface area contributed by atoms with Gasteiger partial charge in [0, 0.05) is 62.0 Å². The van der Waals surface area contributed by atoms with Gasteiger partial charge in [0.1, 0.15) is 29.4 Å². The zero-order valence-corrected chi connectivity index (χ0v) is 23.3. The molecule has 210 valence electrons. The van der Waals surface area contributed by atoms with Crippen molar-refractivity contribution < 1.29 is 18.4 Å². The smallest absolute Gasteiger partial charge is 0.282 e. The normalized spacial score (nSPS) is 21.6. The number of carbonyl (C=O) groups is 1. The number of likely N-dealkylation sites (tertiary alicyclic amines) is 1. The average Bonchev–Trinajstić information content (AvgIpc) is 3.52. The van der Waals surface area contributed by atoms with Crippen LogP contribution in [0.25, 0.3) is 11.1 Å². The maximum atomic E-state index is 14.5. The molecule has 3 aromatic rings. The van der Waals surface area contributed by atoms with Crippen molar-refractivity contribution in [3.05, 3.63) is 41.8 Å². The Bertz CT molecular complexity index is 1440. The summed E-state index contributed by atoms with van der Waals surface area (Å²) < 4.78 is 26.5. The van der Waals surface area contributed by atoms with E-state index in [-0.39, 0.29) is 11.2 Å². The number of anilines is 1. The SMILES string of the molecule is Cc1noc(C2CC2)c1-c1cc(F)ccc1Oc1nncnc1N1CCC2(C1)CN([C@H](C(C)C)C1CC(=O)C1)C2. The Morgan fingerprint density at radius 1 is 1.18 bits per heavy atom. The number of halogens is 1. The molecular formula is C30H35FN6O3. The van der Waals surface area contributed by atoms with E-state index in [2.05, 4.69) is 44.0 Å². The molecule has 2 aliphatic heterocycles. The number of nitrogens with zero attached hydrogens (tertiary/aromatic N) is 6. The first kappa shape index (κ1) is 25.6. The molecule has 2 saturated carbocycles. The van der Waals surface area contributed by atoms with Gasteiger partial charge in [0.15, 0.2) is 5.82 Å². The first-order valence-electron chi connectivity index (χ1n) is 14.4. The minimum atomic E-state index is -0.357. The Labute approximate surface area is 233 Å². The molecule has 2 aliphatic carbocycles. The maximum Gasteiger partial charge on any atom is 0.282 e. The number of ketones is 1. The van der Waals surface area contributed by atoms with E-state index in [9.17, 15) is 9.18 Å². The molecule has 7 rings (SSSR count). The highest BCUT2D eigenvalue weighted by atomic mass is 19.1. The van der Waals surface area contributed by atoms with Crippen molar-refractivity contribution in [2.75, 3.05) is 31.1 Å². The van der Waals surface area contributed by atoms with Gasteiger partial charge in [0.2, 0.25) is 0 Å². The molecule has 4 aliphatic rings. The Morgan fingerprint density at radius 2 is 1.98 bits per heavy atom. The Kier molecular flexibility index (Phi) is 6.14. The first-order chi connectivity index (χ1) is 19.3. The molecule has 1 spiro atoms. The van der Waals surface area contributed by atoms with Crippen molar-refractivity contribution in [2.45, 2.75) is 64.8 Å². The number of hydrogen-bond acceptors (Lipinski definition) is 9. The molecule has 0 radical (unpaired) electrons. The van der Waals surface area contributed by atoms with Gasteiger partial charge in [0.25, 0.3) is 5.88 Å². The number of Topliss-reactive ketones (excluding diaryl/α,β-unsaturated/α-hetero) is 1. The van der Waals surface area contributed by atoms with E-state index in [1.54, 1.807) is 6.07 Å². The fourth-order valence-electron chi connectivity index (χ4n) is 7.20. The van der Waals surface area contributed by atoms with Gasteiger partial charge in [-0.25, -0.2) is 9.37 Å². The molecule has 9 nitrogen and oxygen atoms in total. The van der Waals surface area contributed by atoms with E-state index in [0.29, 0.717) is 58.3 Å². The van der Waals surface area contributed by atoms with Crippen LogP contribution in [0, 0.1) is 30.0 Å². The van der Waals surface area contributed by atoms with Crippen LogP contribution in [-0.2, 0) is 4.79 Å². The predicted octanol–water partition coefficient (Wildman–Crippen LogP) is 5.16. The fourth-order valence-corrected chi connectivity index (χ4v) is 7.20. The van der Waals surface area contributed by atoms with Gasteiger partial charge in [-0.15, -0.1) is 10.2 Å². The van der Waals surface area contributed by atoms with Gasteiger partial charge in [-0.05, 0) is 56.2 Å². The van der Waals surface area contributed by atoms with Crippen molar-refractivity contribution in [2.24, 2.45) is 17.3 Å². The molecule has 10 heteroatoms. The molecule has 1 atom stereocenters. The van der Waals surface area contributed by atoms with Gasteiger partial charge >= 0.3 is 0 Å². The van der Waals surface area contributed by atoms with Crippen molar-refractivity contribution in [1.29, 1.82) is 0 Å². The predicted molar refractivity (Wildman–Crippen MR) is 146 cm³/mol. The first-order valence-corrected chi connectivity index (χ1v) is 14.4. The molecule has 2 saturated heterocycles. The minimum absolute atomic E-state index is 0.197. The molecule has 0 amide bonds. The number of carbonyl (C=O) groups excluding carboxylic acids is 1. The van der Waals surface area contributed by atoms with Crippen molar-refractivity contribution in [3.63, 3.8) is 0 Å². The molecule has 0 unspecified atom stereocenters. The van der Waals surface area contributed by atoms with Gasteiger partial charge in [-0.3, -0.25) is 9.69 Å². The third kappa shape index (κ3) is 4.46. The summed E-state index contributed by atoms with van der Waals surface area (Å²) in [5.74, 6) is 3.58. The zero-order chi connectivity index (χ0) is 27.6. The fraction of sp³-hybridized carbons (Fsp3) is 0.567. The third-order valence-corrected chi connectivity index (χ3v) is 9.21. The van der Waals surface area contributed by atoms with Crippen molar-refractivity contribution in [3.8, 4) is 22.8 Å². The number of aryl methyl sites for hydroxylation is 1. The zero-order valence-electron chi connectivity index (χ0n) is 23.3. The van der Waals surface area contributed by atoms with E-state index in [1.807, 2.05) is 6.92 Å². The summed E-state index contributed by atoms with van der Waals surface area (Å²) in [5.41, 5.74) is 2.29. The average molecular weight is 547 g/mol.